The number of nitrogens with zero attached hydrogens (tertiary/aromatic N) is 2. The smallest absolute Gasteiger partial charge is 0.245 e. The molecule has 0 spiro atoms. The van der Waals surface area contributed by atoms with Gasteiger partial charge in [-0.3, -0.25) is 0 Å². The molecule has 0 unspecified atom stereocenters. The van der Waals surface area contributed by atoms with Gasteiger partial charge in [-0.1, -0.05) is 36.7 Å². The first-order valence-corrected chi connectivity index (χ1v) is 7.48. The Morgan fingerprint density at radius 1 is 1.42 bits per heavy atom. The van der Waals surface area contributed by atoms with E-state index in [1.54, 1.807) is 11.8 Å². The molecule has 0 aliphatic carbocycles. The summed E-state index contributed by atoms with van der Waals surface area (Å²) in [7, 11) is 0. The van der Waals surface area contributed by atoms with Gasteiger partial charge in [0.25, 0.3) is 0 Å². The number of thioether (sulfide) groups is 1. The molecule has 0 saturated carbocycles. The summed E-state index contributed by atoms with van der Waals surface area (Å²) in [5.74, 6) is 2.10. The van der Waals surface area contributed by atoms with Gasteiger partial charge in [-0.05, 0) is 23.4 Å². The zero-order chi connectivity index (χ0) is 13.7. The molecule has 4 nitrogen and oxygen atoms in total. The maximum absolute atomic E-state index is 5.91. The maximum Gasteiger partial charge on any atom is 0.245 e. The molecule has 1 N–H and O–H groups in total. The lowest BCUT2D eigenvalue weighted by molar-refractivity contribution is 0.379. The summed E-state index contributed by atoms with van der Waals surface area (Å²) >= 11 is 7.70. The van der Waals surface area contributed by atoms with Crippen molar-refractivity contribution in [2.24, 2.45) is 0 Å². The van der Waals surface area contributed by atoms with Crippen molar-refractivity contribution in [2.75, 3.05) is 5.32 Å². The first-order chi connectivity index (χ1) is 9.13. The fourth-order valence-corrected chi connectivity index (χ4v) is 2.23. The van der Waals surface area contributed by atoms with Crippen molar-refractivity contribution in [1.29, 1.82) is 0 Å². The third kappa shape index (κ3) is 4.76. The Morgan fingerprint density at radius 3 is 3.00 bits per heavy atom. The minimum absolute atomic E-state index is 0.500. The molecular formula is C13H16ClN3OS. The topological polar surface area (TPSA) is 51.0 Å². The zero-order valence-electron chi connectivity index (χ0n) is 10.9. The lowest BCUT2D eigenvalue weighted by atomic mass is 10.3. The highest BCUT2D eigenvalue weighted by Gasteiger charge is 2.07. The lowest BCUT2D eigenvalue weighted by Gasteiger charge is -2.02. The molecule has 0 amide bonds. The zero-order valence-corrected chi connectivity index (χ0v) is 12.5. The second-order valence-corrected chi connectivity index (χ2v) is 6.33. The molecule has 0 aliphatic rings. The summed E-state index contributed by atoms with van der Waals surface area (Å²) in [4.78, 5) is 4.33. The highest BCUT2D eigenvalue weighted by atomic mass is 35.5. The van der Waals surface area contributed by atoms with Crippen LogP contribution in [0, 0.1) is 0 Å². The summed E-state index contributed by atoms with van der Waals surface area (Å²) in [6.45, 7) is 4.79. The van der Waals surface area contributed by atoms with Crippen LogP contribution in [-0.2, 0) is 12.3 Å². The molecule has 0 fully saturated rings. The Kier molecular flexibility index (Phi) is 5.10. The standard InChI is InChI=1S/C13H16ClN3OS/c1-9(2)19-8-12-16-13(18-17-12)7-15-11-5-3-4-10(14)6-11/h3-6,9,15H,7-8H2,1-2H3. The van der Waals surface area contributed by atoms with Crippen LogP contribution in [0.2, 0.25) is 5.02 Å². The lowest BCUT2D eigenvalue weighted by Crippen LogP contribution is -1.99. The van der Waals surface area contributed by atoms with Crippen molar-refractivity contribution in [3.8, 4) is 0 Å². The molecule has 19 heavy (non-hydrogen) atoms. The van der Waals surface area contributed by atoms with E-state index >= 15 is 0 Å². The van der Waals surface area contributed by atoms with Gasteiger partial charge in [0, 0.05) is 10.7 Å². The molecule has 0 radical (unpaired) electrons. The van der Waals surface area contributed by atoms with Gasteiger partial charge < -0.3 is 9.84 Å². The van der Waals surface area contributed by atoms with Crippen LogP contribution in [0.25, 0.3) is 0 Å². The van der Waals surface area contributed by atoms with Gasteiger partial charge in [0.05, 0.1) is 12.3 Å². The molecule has 102 valence electrons. The molecule has 1 aromatic carbocycles. The highest BCUT2D eigenvalue weighted by molar-refractivity contribution is 7.99. The Morgan fingerprint density at radius 2 is 2.26 bits per heavy atom. The van der Waals surface area contributed by atoms with E-state index in [-0.39, 0.29) is 0 Å². The third-order valence-corrected chi connectivity index (χ3v) is 3.65. The first kappa shape index (κ1) is 14.2. The molecular weight excluding hydrogens is 282 g/mol. The van der Waals surface area contributed by atoms with E-state index in [1.165, 1.54) is 0 Å². The van der Waals surface area contributed by atoms with Crippen LogP contribution >= 0.6 is 23.4 Å². The monoisotopic (exact) mass is 297 g/mol. The number of hydrogen-bond acceptors (Lipinski definition) is 5. The van der Waals surface area contributed by atoms with Gasteiger partial charge in [-0.25, -0.2) is 0 Å². The van der Waals surface area contributed by atoms with Crippen molar-refractivity contribution in [1.82, 2.24) is 10.1 Å². The largest absolute Gasteiger partial charge is 0.376 e. The quantitative estimate of drug-likeness (QED) is 0.874. The van der Waals surface area contributed by atoms with Gasteiger partial charge in [0.2, 0.25) is 5.89 Å². The second-order valence-electron chi connectivity index (χ2n) is 4.33. The second kappa shape index (κ2) is 6.82. The summed E-state index contributed by atoms with van der Waals surface area (Å²) in [6.07, 6.45) is 0. The first-order valence-electron chi connectivity index (χ1n) is 6.06. The molecule has 6 heteroatoms. The summed E-state index contributed by atoms with van der Waals surface area (Å²) < 4.78 is 5.18. The number of halogens is 1. The van der Waals surface area contributed by atoms with Crippen molar-refractivity contribution < 1.29 is 4.52 Å². The Bertz CT molecular complexity index is 530. The maximum atomic E-state index is 5.91. The summed E-state index contributed by atoms with van der Waals surface area (Å²) in [6, 6.07) is 7.52. The van der Waals surface area contributed by atoms with Gasteiger partial charge in [-0.15, -0.1) is 0 Å². The van der Waals surface area contributed by atoms with E-state index in [4.69, 9.17) is 16.1 Å². The molecule has 1 heterocycles. The molecule has 0 aliphatic heterocycles. The number of anilines is 1. The fourth-order valence-electron chi connectivity index (χ4n) is 1.44. The average molecular weight is 298 g/mol. The molecule has 0 saturated heterocycles. The molecule has 2 rings (SSSR count). The van der Waals surface area contributed by atoms with E-state index in [0.29, 0.717) is 22.7 Å². The van der Waals surface area contributed by atoms with Gasteiger partial charge in [0.1, 0.15) is 0 Å². The predicted octanol–water partition coefficient (Wildman–Crippen LogP) is 3.98. The number of nitrogens with one attached hydrogen (secondary N) is 1. The number of hydrogen-bond donors (Lipinski definition) is 1. The molecule has 0 bridgehead atoms. The molecule has 0 atom stereocenters. The van der Waals surface area contributed by atoms with Gasteiger partial charge >= 0.3 is 0 Å². The SMILES string of the molecule is CC(C)SCc1noc(CNc2cccc(Cl)c2)n1. The van der Waals surface area contributed by atoms with Crippen molar-refractivity contribution >= 4 is 29.1 Å². The van der Waals surface area contributed by atoms with E-state index < -0.39 is 0 Å². The van der Waals surface area contributed by atoms with Crippen molar-refractivity contribution in [2.45, 2.75) is 31.4 Å². The third-order valence-electron chi connectivity index (χ3n) is 2.32. The predicted molar refractivity (Wildman–Crippen MR) is 79.5 cm³/mol. The van der Waals surface area contributed by atoms with E-state index in [0.717, 1.165) is 17.3 Å². The van der Waals surface area contributed by atoms with Crippen LogP contribution < -0.4 is 5.32 Å². The normalized spacial score (nSPS) is 10.9. The Balaban J connectivity index is 1.86. The number of rotatable bonds is 6. The van der Waals surface area contributed by atoms with E-state index in [1.807, 2.05) is 24.3 Å². The molecule has 1 aromatic heterocycles. The van der Waals surface area contributed by atoms with Crippen LogP contribution in [0.15, 0.2) is 28.8 Å². The number of benzene rings is 1. The van der Waals surface area contributed by atoms with Gasteiger partial charge in [0.15, 0.2) is 5.82 Å². The minimum Gasteiger partial charge on any atom is -0.376 e. The minimum atomic E-state index is 0.500. The fraction of sp³-hybridized carbons (Fsp3) is 0.385. The Labute approximate surface area is 121 Å². The average Bonchev–Trinajstić information content (AvgIpc) is 2.82. The van der Waals surface area contributed by atoms with Crippen LogP contribution in [0.5, 0.6) is 0 Å². The molecule has 2 aromatic rings. The van der Waals surface area contributed by atoms with Crippen LogP contribution in [0.4, 0.5) is 5.69 Å². The van der Waals surface area contributed by atoms with Crippen LogP contribution in [0.1, 0.15) is 25.6 Å². The number of aromatic nitrogens is 2. The van der Waals surface area contributed by atoms with Gasteiger partial charge in [-0.2, -0.15) is 16.7 Å². The van der Waals surface area contributed by atoms with E-state index in [2.05, 4.69) is 29.3 Å². The van der Waals surface area contributed by atoms with Crippen molar-refractivity contribution in [3.63, 3.8) is 0 Å². The highest BCUT2D eigenvalue weighted by Crippen LogP contribution is 2.17. The van der Waals surface area contributed by atoms with E-state index in [9.17, 15) is 0 Å². The summed E-state index contributed by atoms with van der Waals surface area (Å²) in [5, 5.41) is 8.40. The summed E-state index contributed by atoms with van der Waals surface area (Å²) in [5.41, 5.74) is 0.934. The van der Waals surface area contributed by atoms with Crippen molar-refractivity contribution in [3.05, 3.63) is 41.0 Å². The van der Waals surface area contributed by atoms with Crippen LogP contribution in [-0.4, -0.2) is 15.4 Å². The Hall–Kier alpha value is -1.20. The van der Waals surface area contributed by atoms with Crippen LogP contribution in [0.3, 0.4) is 0 Å².